The minimum Gasteiger partial charge on any atom is -0.344 e. The van der Waals surface area contributed by atoms with E-state index >= 15 is 0 Å². The van der Waals surface area contributed by atoms with E-state index in [-0.39, 0.29) is 17.7 Å². The highest BCUT2D eigenvalue weighted by molar-refractivity contribution is 9.11. The average molecular weight is 331 g/mol. The largest absolute Gasteiger partial charge is 0.344 e. The van der Waals surface area contributed by atoms with E-state index in [1.807, 2.05) is 6.92 Å². The molecule has 0 saturated carbocycles. The van der Waals surface area contributed by atoms with Crippen LogP contribution >= 0.6 is 50.5 Å². The summed E-state index contributed by atoms with van der Waals surface area (Å²) < 4.78 is 0.922. The number of carbonyl (C=O) groups is 1. The van der Waals surface area contributed by atoms with E-state index in [2.05, 4.69) is 21.2 Å². The van der Waals surface area contributed by atoms with Crippen LogP contribution in [0.4, 0.5) is 0 Å². The molecule has 0 atom stereocenters. The Morgan fingerprint density at radius 3 is 2.60 bits per heavy atom. The number of hydrogen-bond acceptors (Lipinski definition) is 2. The van der Waals surface area contributed by atoms with Crippen LogP contribution in [0.5, 0.6) is 0 Å². The lowest BCUT2D eigenvalue weighted by molar-refractivity contribution is 0.0922. The monoisotopic (exact) mass is 329 g/mol. The van der Waals surface area contributed by atoms with Crippen molar-refractivity contribution >= 4 is 56.4 Å². The fourth-order valence-corrected chi connectivity index (χ4v) is 2.43. The summed E-state index contributed by atoms with van der Waals surface area (Å²) >= 11 is 16.2. The standard InChI is InChI=1S/C9H10BrCl2NOS/c1-9(4-11,5-12)13-8(14)6-2-7(10)15-3-6/h2-3H,4-5H2,1H3,(H,13,14). The minimum atomic E-state index is -0.561. The third-order valence-electron chi connectivity index (χ3n) is 1.83. The molecule has 0 fully saturated rings. The zero-order valence-corrected chi connectivity index (χ0v) is 11.9. The van der Waals surface area contributed by atoms with Crippen molar-refractivity contribution in [3.05, 3.63) is 20.8 Å². The lowest BCUT2D eigenvalue weighted by Gasteiger charge is -2.25. The van der Waals surface area contributed by atoms with Gasteiger partial charge in [-0.15, -0.1) is 34.5 Å². The number of nitrogens with one attached hydrogen (secondary N) is 1. The lowest BCUT2D eigenvalue weighted by atomic mass is 10.1. The Hall–Kier alpha value is 0.230. The maximum atomic E-state index is 11.7. The van der Waals surface area contributed by atoms with E-state index < -0.39 is 5.54 Å². The molecule has 1 amide bonds. The van der Waals surface area contributed by atoms with Crippen molar-refractivity contribution in [1.82, 2.24) is 5.32 Å². The van der Waals surface area contributed by atoms with Crippen LogP contribution in [0.3, 0.4) is 0 Å². The first kappa shape index (κ1) is 13.3. The minimum absolute atomic E-state index is 0.152. The summed E-state index contributed by atoms with van der Waals surface area (Å²) in [7, 11) is 0. The van der Waals surface area contributed by atoms with Gasteiger partial charge in [0, 0.05) is 17.1 Å². The van der Waals surface area contributed by atoms with Crippen LogP contribution in [-0.4, -0.2) is 23.2 Å². The van der Waals surface area contributed by atoms with E-state index in [4.69, 9.17) is 23.2 Å². The zero-order chi connectivity index (χ0) is 11.5. The maximum Gasteiger partial charge on any atom is 0.252 e. The van der Waals surface area contributed by atoms with Gasteiger partial charge in [0.15, 0.2) is 0 Å². The van der Waals surface area contributed by atoms with Crippen LogP contribution < -0.4 is 5.32 Å². The highest BCUT2D eigenvalue weighted by Crippen LogP contribution is 2.21. The number of thiophene rings is 1. The summed E-state index contributed by atoms with van der Waals surface area (Å²) in [6.45, 7) is 1.81. The van der Waals surface area contributed by atoms with Gasteiger partial charge in [-0.2, -0.15) is 0 Å². The molecule has 0 aliphatic heterocycles. The molecule has 0 spiro atoms. The molecule has 1 heterocycles. The van der Waals surface area contributed by atoms with E-state index in [0.29, 0.717) is 5.56 Å². The van der Waals surface area contributed by atoms with Gasteiger partial charge in [0.1, 0.15) is 0 Å². The Morgan fingerprint density at radius 1 is 1.60 bits per heavy atom. The molecule has 0 bridgehead atoms. The van der Waals surface area contributed by atoms with Gasteiger partial charge in [-0.1, -0.05) is 0 Å². The van der Waals surface area contributed by atoms with Crippen molar-refractivity contribution in [1.29, 1.82) is 0 Å². The van der Waals surface area contributed by atoms with Gasteiger partial charge >= 0.3 is 0 Å². The van der Waals surface area contributed by atoms with E-state index in [0.717, 1.165) is 3.79 Å². The fourth-order valence-electron chi connectivity index (χ4n) is 0.878. The molecule has 1 rings (SSSR count). The predicted octanol–water partition coefficient (Wildman–Crippen LogP) is 3.48. The quantitative estimate of drug-likeness (QED) is 0.841. The topological polar surface area (TPSA) is 29.1 Å². The normalized spacial score (nSPS) is 11.5. The summed E-state index contributed by atoms with van der Waals surface area (Å²) in [5.74, 6) is 0.418. The first-order valence-corrected chi connectivity index (χ1v) is 6.93. The number of alkyl halides is 2. The Balaban J connectivity index is 2.71. The van der Waals surface area contributed by atoms with Crippen LogP contribution in [-0.2, 0) is 0 Å². The fraction of sp³-hybridized carbons (Fsp3) is 0.444. The molecular formula is C9H10BrCl2NOS. The van der Waals surface area contributed by atoms with Gasteiger partial charge in [0.2, 0.25) is 0 Å². The van der Waals surface area contributed by atoms with Crippen molar-refractivity contribution in [2.45, 2.75) is 12.5 Å². The van der Waals surface area contributed by atoms with E-state index in [9.17, 15) is 4.79 Å². The van der Waals surface area contributed by atoms with Crippen molar-refractivity contribution in [3.63, 3.8) is 0 Å². The molecule has 6 heteroatoms. The highest BCUT2D eigenvalue weighted by atomic mass is 79.9. The molecular weight excluding hydrogens is 321 g/mol. The van der Waals surface area contributed by atoms with Gasteiger partial charge in [-0.05, 0) is 28.9 Å². The Bertz CT molecular complexity index is 352. The molecule has 0 aromatic carbocycles. The van der Waals surface area contributed by atoms with Crippen LogP contribution in [0.15, 0.2) is 15.2 Å². The van der Waals surface area contributed by atoms with Gasteiger partial charge in [0.05, 0.1) is 14.9 Å². The lowest BCUT2D eigenvalue weighted by Crippen LogP contribution is -2.49. The number of amides is 1. The molecule has 0 aliphatic rings. The molecule has 0 aliphatic carbocycles. The van der Waals surface area contributed by atoms with Crippen molar-refractivity contribution in [3.8, 4) is 0 Å². The molecule has 84 valence electrons. The third-order valence-corrected chi connectivity index (χ3v) is 4.52. The summed E-state index contributed by atoms with van der Waals surface area (Å²) in [6, 6.07) is 1.77. The Kier molecular flexibility index (Phi) is 4.90. The molecule has 0 unspecified atom stereocenters. The van der Waals surface area contributed by atoms with Crippen LogP contribution in [0.2, 0.25) is 0 Å². The second-order valence-corrected chi connectivity index (χ2v) is 6.25. The predicted molar refractivity (Wildman–Crippen MR) is 69.3 cm³/mol. The molecule has 1 aromatic rings. The highest BCUT2D eigenvalue weighted by Gasteiger charge is 2.25. The smallest absolute Gasteiger partial charge is 0.252 e. The molecule has 2 nitrogen and oxygen atoms in total. The summed E-state index contributed by atoms with van der Waals surface area (Å²) in [5.41, 5.74) is 0.0579. The zero-order valence-electron chi connectivity index (χ0n) is 8.02. The molecule has 1 N–H and O–H groups in total. The summed E-state index contributed by atoms with van der Waals surface area (Å²) in [4.78, 5) is 11.7. The molecule has 0 radical (unpaired) electrons. The second kappa shape index (κ2) is 5.53. The number of halogens is 3. The number of hydrogen-bond donors (Lipinski definition) is 1. The van der Waals surface area contributed by atoms with Crippen LogP contribution in [0, 0.1) is 0 Å². The SMILES string of the molecule is CC(CCl)(CCl)NC(=O)c1csc(Br)c1. The molecule has 15 heavy (non-hydrogen) atoms. The first-order valence-electron chi connectivity index (χ1n) is 4.19. The van der Waals surface area contributed by atoms with Crippen LogP contribution in [0.25, 0.3) is 0 Å². The summed E-state index contributed by atoms with van der Waals surface area (Å²) in [6.07, 6.45) is 0. The van der Waals surface area contributed by atoms with E-state index in [1.54, 1.807) is 11.4 Å². The van der Waals surface area contributed by atoms with Gasteiger partial charge in [-0.3, -0.25) is 4.79 Å². The number of rotatable bonds is 4. The maximum absolute atomic E-state index is 11.7. The van der Waals surface area contributed by atoms with Crippen molar-refractivity contribution < 1.29 is 4.79 Å². The molecule has 1 aromatic heterocycles. The van der Waals surface area contributed by atoms with Crippen molar-refractivity contribution in [2.75, 3.05) is 11.8 Å². The third kappa shape index (κ3) is 3.63. The van der Waals surface area contributed by atoms with Gasteiger partial charge in [-0.25, -0.2) is 0 Å². The molecule has 0 saturated heterocycles. The summed E-state index contributed by atoms with van der Waals surface area (Å²) in [5, 5.41) is 4.59. The van der Waals surface area contributed by atoms with Crippen molar-refractivity contribution in [2.24, 2.45) is 0 Å². The average Bonchev–Trinajstić information content (AvgIpc) is 2.65. The second-order valence-electron chi connectivity index (χ2n) is 3.42. The number of carbonyl (C=O) groups excluding carboxylic acids is 1. The Morgan fingerprint density at radius 2 is 2.20 bits per heavy atom. The van der Waals surface area contributed by atoms with Gasteiger partial charge < -0.3 is 5.32 Å². The first-order chi connectivity index (χ1) is 7.00. The van der Waals surface area contributed by atoms with Gasteiger partial charge in [0.25, 0.3) is 5.91 Å². The van der Waals surface area contributed by atoms with E-state index in [1.165, 1.54) is 11.3 Å². The van der Waals surface area contributed by atoms with Crippen LogP contribution in [0.1, 0.15) is 17.3 Å². The Labute approximate surface area is 111 Å².